The molecule has 3 aromatic rings. The van der Waals surface area contributed by atoms with E-state index in [2.05, 4.69) is 17.6 Å². The van der Waals surface area contributed by atoms with Crippen LogP contribution < -0.4 is 5.43 Å². The highest BCUT2D eigenvalue weighted by molar-refractivity contribution is 7.17. The number of carbonyl (C=O) groups is 1. The van der Waals surface area contributed by atoms with Gasteiger partial charge in [-0.05, 0) is 54.7 Å². The van der Waals surface area contributed by atoms with Gasteiger partial charge in [0.15, 0.2) is 5.69 Å². The summed E-state index contributed by atoms with van der Waals surface area (Å²) in [5.74, 6) is 0.799. The summed E-state index contributed by atoms with van der Waals surface area (Å²) in [7, 11) is 0. The molecule has 1 aliphatic carbocycles. The van der Waals surface area contributed by atoms with Crippen molar-refractivity contribution in [3.05, 3.63) is 78.7 Å². The second-order valence-electron chi connectivity index (χ2n) is 8.92. The third-order valence-corrected chi connectivity index (χ3v) is 8.34. The summed E-state index contributed by atoms with van der Waals surface area (Å²) in [6, 6.07) is 9.05. The predicted octanol–water partition coefficient (Wildman–Crippen LogP) is 6.12. The summed E-state index contributed by atoms with van der Waals surface area (Å²) in [4.78, 5) is 14.4. The number of hydrazine groups is 1. The molecular formula is C25H21Cl3N4O2S. The van der Waals surface area contributed by atoms with Gasteiger partial charge in [0.25, 0.3) is 5.91 Å². The van der Waals surface area contributed by atoms with Crippen LogP contribution in [0.5, 0.6) is 0 Å². The van der Waals surface area contributed by atoms with Crippen LogP contribution in [-0.4, -0.2) is 40.4 Å². The Morgan fingerprint density at radius 3 is 2.83 bits per heavy atom. The Bertz CT molecular complexity index is 1380. The Kier molecular flexibility index (Phi) is 6.25. The number of benzene rings is 1. The standard InChI is InChI=1S/C25H21Cl3N4O2S/c26-17-4-6-21(20(27)9-17)32-24-16(8-18-5-7-22(28)35-18)12-34-13-19(24)23(29-32)25(33)30-31-10-14-2-1-3-15(14)11-31/h1-2,4-9,14-15H,3,10-13H2,(H,30,33)/b16-8+. The molecule has 4 heterocycles. The Labute approximate surface area is 221 Å². The number of amides is 1. The van der Waals surface area contributed by atoms with Crippen molar-refractivity contribution < 1.29 is 9.53 Å². The van der Waals surface area contributed by atoms with Gasteiger partial charge in [0.1, 0.15) is 0 Å². The molecule has 2 aromatic heterocycles. The van der Waals surface area contributed by atoms with Gasteiger partial charge in [-0.25, -0.2) is 9.69 Å². The van der Waals surface area contributed by atoms with Crippen LogP contribution in [0.1, 0.15) is 33.0 Å². The molecule has 3 aliphatic rings. The van der Waals surface area contributed by atoms with Crippen molar-refractivity contribution in [2.45, 2.75) is 13.0 Å². The summed E-state index contributed by atoms with van der Waals surface area (Å²) < 4.78 is 8.33. The molecule has 1 aromatic carbocycles. The van der Waals surface area contributed by atoms with Gasteiger partial charge in [-0.2, -0.15) is 5.10 Å². The lowest BCUT2D eigenvalue weighted by atomic mass is 10.0. The van der Waals surface area contributed by atoms with E-state index in [4.69, 9.17) is 44.6 Å². The van der Waals surface area contributed by atoms with E-state index in [0.717, 1.165) is 41.2 Å². The van der Waals surface area contributed by atoms with Crippen LogP contribution in [-0.2, 0) is 11.3 Å². The Hall–Kier alpha value is -2.13. The lowest BCUT2D eigenvalue weighted by Gasteiger charge is -2.20. The van der Waals surface area contributed by atoms with E-state index in [9.17, 15) is 4.79 Å². The lowest BCUT2D eigenvalue weighted by molar-refractivity contribution is 0.0805. The minimum absolute atomic E-state index is 0.252. The monoisotopic (exact) mass is 546 g/mol. The number of fused-ring (bicyclic) bond motifs is 2. The third kappa shape index (κ3) is 4.46. The Morgan fingerprint density at radius 2 is 2.06 bits per heavy atom. The SMILES string of the molecule is O=C(NN1CC2C=CCC2C1)c1nn(-c2ccc(Cl)cc2Cl)c2c1COC/C2=C\c1ccc(Cl)s1. The van der Waals surface area contributed by atoms with Crippen LogP contribution in [0.4, 0.5) is 0 Å². The smallest absolute Gasteiger partial charge is 0.286 e. The number of ether oxygens (including phenoxy) is 1. The number of hydrogen-bond acceptors (Lipinski definition) is 5. The summed E-state index contributed by atoms with van der Waals surface area (Å²) in [5, 5.41) is 7.72. The van der Waals surface area contributed by atoms with Crippen LogP contribution in [0.3, 0.4) is 0 Å². The fraction of sp³-hybridized carbons (Fsp3) is 0.280. The number of nitrogens with one attached hydrogen (secondary N) is 1. The molecule has 0 spiro atoms. The number of nitrogens with zero attached hydrogens (tertiary/aromatic N) is 3. The zero-order valence-electron chi connectivity index (χ0n) is 18.5. The van der Waals surface area contributed by atoms with E-state index in [1.807, 2.05) is 29.3 Å². The average molecular weight is 548 g/mol. The molecule has 2 aliphatic heterocycles. The molecule has 0 radical (unpaired) electrons. The number of rotatable bonds is 4. The Morgan fingerprint density at radius 1 is 1.17 bits per heavy atom. The van der Waals surface area contributed by atoms with Crippen molar-refractivity contribution in [3.63, 3.8) is 0 Å². The molecule has 1 fully saturated rings. The van der Waals surface area contributed by atoms with Crippen molar-refractivity contribution in [2.75, 3.05) is 19.7 Å². The predicted molar refractivity (Wildman–Crippen MR) is 140 cm³/mol. The summed E-state index contributed by atoms with van der Waals surface area (Å²) in [6.07, 6.45) is 7.56. The van der Waals surface area contributed by atoms with Crippen molar-refractivity contribution >= 4 is 63.7 Å². The maximum atomic E-state index is 13.5. The van der Waals surface area contributed by atoms with E-state index in [-0.39, 0.29) is 12.5 Å². The van der Waals surface area contributed by atoms with E-state index in [1.54, 1.807) is 16.8 Å². The van der Waals surface area contributed by atoms with E-state index < -0.39 is 0 Å². The minimum Gasteiger partial charge on any atom is -0.372 e. The topological polar surface area (TPSA) is 59.4 Å². The van der Waals surface area contributed by atoms with Gasteiger partial charge in [-0.1, -0.05) is 47.0 Å². The second-order valence-corrected chi connectivity index (χ2v) is 11.5. The molecule has 35 heavy (non-hydrogen) atoms. The van der Waals surface area contributed by atoms with E-state index in [1.165, 1.54) is 11.3 Å². The zero-order valence-corrected chi connectivity index (χ0v) is 21.6. The van der Waals surface area contributed by atoms with Crippen LogP contribution in [0.2, 0.25) is 14.4 Å². The van der Waals surface area contributed by atoms with Crippen molar-refractivity contribution in [1.82, 2.24) is 20.2 Å². The highest BCUT2D eigenvalue weighted by Crippen LogP contribution is 2.36. The second kappa shape index (κ2) is 9.39. The number of carbonyl (C=O) groups excluding carboxylic acids is 1. The number of hydrogen-bond donors (Lipinski definition) is 1. The molecule has 10 heteroatoms. The molecule has 6 nitrogen and oxygen atoms in total. The highest BCUT2D eigenvalue weighted by atomic mass is 35.5. The van der Waals surface area contributed by atoms with Gasteiger partial charge in [-0.15, -0.1) is 11.3 Å². The summed E-state index contributed by atoms with van der Waals surface area (Å²) in [6.45, 7) is 2.29. The molecule has 6 rings (SSSR count). The first-order valence-electron chi connectivity index (χ1n) is 11.3. The molecule has 1 amide bonds. The minimum atomic E-state index is -0.252. The van der Waals surface area contributed by atoms with Gasteiger partial charge in [0.2, 0.25) is 0 Å². The summed E-state index contributed by atoms with van der Waals surface area (Å²) in [5.41, 5.74) is 6.46. The fourth-order valence-corrected chi connectivity index (χ4v) is 6.54. The largest absolute Gasteiger partial charge is 0.372 e. The first-order valence-corrected chi connectivity index (χ1v) is 13.3. The molecule has 2 atom stereocenters. The Balaban J connectivity index is 1.41. The maximum Gasteiger partial charge on any atom is 0.286 e. The normalized spacial score (nSPS) is 22.5. The molecule has 1 N–H and O–H groups in total. The van der Waals surface area contributed by atoms with Crippen LogP contribution in [0.15, 0.2) is 42.5 Å². The molecular weight excluding hydrogens is 527 g/mol. The van der Waals surface area contributed by atoms with E-state index in [0.29, 0.717) is 44.2 Å². The van der Waals surface area contributed by atoms with Gasteiger partial charge in [-0.3, -0.25) is 10.2 Å². The van der Waals surface area contributed by atoms with Gasteiger partial charge in [0.05, 0.1) is 34.0 Å². The van der Waals surface area contributed by atoms with Crippen molar-refractivity contribution in [2.24, 2.45) is 11.8 Å². The number of aromatic nitrogens is 2. The zero-order chi connectivity index (χ0) is 24.1. The first kappa shape index (κ1) is 23.3. The first-order chi connectivity index (χ1) is 17.0. The van der Waals surface area contributed by atoms with Crippen LogP contribution in [0.25, 0.3) is 17.3 Å². The third-order valence-electron chi connectivity index (χ3n) is 6.63. The lowest BCUT2D eigenvalue weighted by Crippen LogP contribution is -2.41. The molecule has 0 saturated carbocycles. The molecule has 1 saturated heterocycles. The highest BCUT2D eigenvalue weighted by Gasteiger charge is 2.35. The van der Waals surface area contributed by atoms with Gasteiger partial charge >= 0.3 is 0 Å². The van der Waals surface area contributed by atoms with Crippen molar-refractivity contribution in [3.8, 4) is 5.69 Å². The number of allylic oxidation sites excluding steroid dienone is 1. The van der Waals surface area contributed by atoms with E-state index >= 15 is 0 Å². The van der Waals surface area contributed by atoms with Crippen LogP contribution in [0, 0.1) is 11.8 Å². The quantitative estimate of drug-likeness (QED) is 0.400. The van der Waals surface area contributed by atoms with Gasteiger partial charge < -0.3 is 4.74 Å². The average Bonchev–Trinajstić information content (AvgIpc) is 3.58. The fourth-order valence-electron chi connectivity index (χ4n) is 5.03. The summed E-state index contributed by atoms with van der Waals surface area (Å²) >= 11 is 20.3. The maximum absolute atomic E-state index is 13.5. The number of thiophene rings is 1. The van der Waals surface area contributed by atoms with Crippen LogP contribution >= 0.6 is 46.1 Å². The number of halogens is 3. The van der Waals surface area contributed by atoms with Crippen molar-refractivity contribution in [1.29, 1.82) is 0 Å². The molecule has 0 bridgehead atoms. The molecule has 2 unspecified atom stereocenters. The molecule has 180 valence electrons. The van der Waals surface area contributed by atoms with Gasteiger partial charge in [0, 0.05) is 34.1 Å².